The lowest BCUT2D eigenvalue weighted by atomic mass is 10.0. The number of thiazole rings is 1. The molecule has 2 atom stereocenters. The summed E-state index contributed by atoms with van der Waals surface area (Å²) < 4.78 is 0. The first-order chi connectivity index (χ1) is 10.2. The van der Waals surface area contributed by atoms with Crippen LogP contribution < -0.4 is 0 Å². The number of aryl methyl sites for hydroxylation is 1. The standard InChI is InChI=1S/C16H25N3OS/c1-3-15-17-12(11-21-15)10-16(20)19-9-5-7-14(19)13-6-4-8-18(13)2/h11,13-14H,3-10H2,1-2H3/t13-,14+/m0/s1. The summed E-state index contributed by atoms with van der Waals surface area (Å²) in [5.74, 6) is 0.269. The topological polar surface area (TPSA) is 36.4 Å². The van der Waals surface area contributed by atoms with Gasteiger partial charge in [-0.3, -0.25) is 4.79 Å². The maximum absolute atomic E-state index is 12.7. The molecular formula is C16H25N3OS. The van der Waals surface area contributed by atoms with Gasteiger partial charge in [0, 0.05) is 24.0 Å². The second-order valence-electron chi connectivity index (χ2n) is 6.25. The van der Waals surface area contributed by atoms with Gasteiger partial charge in [-0.1, -0.05) is 6.92 Å². The Bertz CT molecular complexity index is 501. The Hall–Kier alpha value is -0.940. The second-order valence-corrected chi connectivity index (χ2v) is 7.19. The van der Waals surface area contributed by atoms with Gasteiger partial charge in [-0.25, -0.2) is 4.98 Å². The van der Waals surface area contributed by atoms with Crippen LogP contribution in [-0.2, 0) is 17.6 Å². The zero-order valence-corrected chi connectivity index (χ0v) is 13.9. The molecule has 3 heterocycles. The molecule has 1 amide bonds. The van der Waals surface area contributed by atoms with Crippen LogP contribution in [0, 0.1) is 0 Å². The summed E-state index contributed by atoms with van der Waals surface area (Å²) in [5.41, 5.74) is 0.951. The van der Waals surface area contributed by atoms with E-state index in [9.17, 15) is 4.79 Å². The number of carbonyl (C=O) groups is 1. The van der Waals surface area contributed by atoms with Crippen molar-refractivity contribution in [1.82, 2.24) is 14.8 Å². The van der Waals surface area contributed by atoms with E-state index in [-0.39, 0.29) is 5.91 Å². The third-order valence-corrected chi connectivity index (χ3v) is 5.92. The Balaban J connectivity index is 1.65. The van der Waals surface area contributed by atoms with Crippen molar-refractivity contribution >= 4 is 17.2 Å². The van der Waals surface area contributed by atoms with E-state index in [1.807, 2.05) is 5.38 Å². The molecule has 1 aromatic heterocycles. The van der Waals surface area contributed by atoms with Crippen molar-refractivity contribution in [3.63, 3.8) is 0 Å². The highest BCUT2D eigenvalue weighted by atomic mass is 32.1. The van der Waals surface area contributed by atoms with Crippen LogP contribution >= 0.6 is 11.3 Å². The molecule has 0 unspecified atom stereocenters. The van der Waals surface area contributed by atoms with Gasteiger partial charge in [-0.2, -0.15) is 0 Å². The highest BCUT2D eigenvalue weighted by Gasteiger charge is 2.38. The number of amides is 1. The van der Waals surface area contributed by atoms with Crippen molar-refractivity contribution in [1.29, 1.82) is 0 Å². The number of aromatic nitrogens is 1. The molecule has 2 saturated heterocycles. The largest absolute Gasteiger partial charge is 0.338 e. The summed E-state index contributed by atoms with van der Waals surface area (Å²) >= 11 is 1.67. The van der Waals surface area contributed by atoms with E-state index in [4.69, 9.17) is 0 Å². The van der Waals surface area contributed by atoms with Crippen LogP contribution in [0.5, 0.6) is 0 Å². The summed E-state index contributed by atoms with van der Waals surface area (Å²) in [6, 6.07) is 0.993. The number of nitrogens with zero attached hydrogens (tertiary/aromatic N) is 3. The van der Waals surface area contributed by atoms with Gasteiger partial charge in [0.15, 0.2) is 0 Å². The summed E-state index contributed by atoms with van der Waals surface area (Å²) in [4.78, 5) is 21.8. The molecule has 21 heavy (non-hydrogen) atoms. The van der Waals surface area contributed by atoms with E-state index in [0.717, 1.165) is 36.5 Å². The van der Waals surface area contributed by atoms with Crippen LogP contribution in [0.4, 0.5) is 0 Å². The Morgan fingerprint density at radius 1 is 1.33 bits per heavy atom. The fraction of sp³-hybridized carbons (Fsp3) is 0.750. The van der Waals surface area contributed by atoms with E-state index in [1.54, 1.807) is 11.3 Å². The number of hydrogen-bond donors (Lipinski definition) is 0. The van der Waals surface area contributed by atoms with Gasteiger partial charge in [0.25, 0.3) is 0 Å². The van der Waals surface area contributed by atoms with E-state index in [2.05, 4.69) is 28.8 Å². The fourth-order valence-electron chi connectivity index (χ4n) is 3.77. The molecule has 2 fully saturated rings. The first-order valence-electron chi connectivity index (χ1n) is 8.12. The van der Waals surface area contributed by atoms with E-state index >= 15 is 0 Å². The van der Waals surface area contributed by atoms with E-state index < -0.39 is 0 Å². The van der Waals surface area contributed by atoms with Gasteiger partial charge in [-0.05, 0) is 45.7 Å². The van der Waals surface area contributed by atoms with Crippen molar-refractivity contribution in [2.24, 2.45) is 0 Å². The molecule has 3 rings (SSSR count). The fourth-order valence-corrected chi connectivity index (χ4v) is 4.52. The average Bonchev–Trinajstić information content (AvgIpc) is 3.17. The molecule has 0 saturated carbocycles. The minimum atomic E-state index is 0.269. The zero-order valence-electron chi connectivity index (χ0n) is 13.0. The summed E-state index contributed by atoms with van der Waals surface area (Å²) in [6.07, 6.45) is 6.25. The molecule has 5 heteroatoms. The van der Waals surface area contributed by atoms with E-state index in [1.165, 1.54) is 19.4 Å². The Morgan fingerprint density at radius 2 is 2.10 bits per heavy atom. The number of likely N-dealkylation sites (tertiary alicyclic amines) is 2. The van der Waals surface area contributed by atoms with Crippen LogP contribution in [0.3, 0.4) is 0 Å². The number of likely N-dealkylation sites (N-methyl/N-ethyl adjacent to an activating group) is 1. The third kappa shape index (κ3) is 3.14. The molecule has 0 aliphatic carbocycles. The van der Waals surface area contributed by atoms with Gasteiger partial charge in [0.05, 0.1) is 17.1 Å². The maximum Gasteiger partial charge on any atom is 0.228 e. The predicted molar refractivity (Wildman–Crippen MR) is 85.6 cm³/mol. The van der Waals surface area contributed by atoms with E-state index in [0.29, 0.717) is 18.5 Å². The van der Waals surface area contributed by atoms with Crippen LogP contribution in [0.25, 0.3) is 0 Å². The van der Waals surface area contributed by atoms with Crippen LogP contribution in [0.1, 0.15) is 43.3 Å². The van der Waals surface area contributed by atoms with Gasteiger partial charge in [0.2, 0.25) is 5.91 Å². The molecular weight excluding hydrogens is 282 g/mol. The van der Waals surface area contributed by atoms with Crippen molar-refractivity contribution < 1.29 is 4.79 Å². The molecule has 0 spiro atoms. The molecule has 2 aliphatic rings. The van der Waals surface area contributed by atoms with Crippen molar-refractivity contribution in [3.05, 3.63) is 16.1 Å². The summed E-state index contributed by atoms with van der Waals surface area (Å²) in [6.45, 7) is 4.21. The molecule has 0 N–H and O–H groups in total. The highest BCUT2D eigenvalue weighted by molar-refractivity contribution is 7.09. The van der Waals surface area contributed by atoms with Crippen molar-refractivity contribution in [2.75, 3.05) is 20.1 Å². The molecule has 116 valence electrons. The number of rotatable bonds is 4. The first-order valence-corrected chi connectivity index (χ1v) is 9.00. The Kier molecular flexibility index (Phi) is 4.60. The average molecular weight is 307 g/mol. The SMILES string of the molecule is CCc1nc(CC(=O)N2CCC[C@@H]2[C@@H]2CCCN2C)cs1. The minimum absolute atomic E-state index is 0.269. The number of hydrogen-bond acceptors (Lipinski definition) is 4. The monoisotopic (exact) mass is 307 g/mol. The Labute approximate surface area is 131 Å². The van der Waals surface area contributed by atoms with Gasteiger partial charge < -0.3 is 9.80 Å². The quantitative estimate of drug-likeness (QED) is 0.856. The maximum atomic E-state index is 12.7. The normalized spacial score (nSPS) is 26.7. The van der Waals surface area contributed by atoms with Crippen LogP contribution in [0.15, 0.2) is 5.38 Å². The van der Waals surface area contributed by atoms with Crippen molar-refractivity contribution in [2.45, 2.75) is 57.5 Å². The minimum Gasteiger partial charge on any atom is -0.338 e. The summed E-state index contributed by atoms with van der Waals surface area (Å²) in [7, 11) is 2.20. The lowest BCUT2D eigenvalue weighted by Gasteiger charge is -2.33. The Morgan fingerprint density at radius 3 is 2.76 bits per heavy atom. The molecule has 1 aromatic rings. The lowest BCUT2D eigenvalue weighted by molar-refractivity contribution is -0.132. The highest BCUT2D eigenvalue weighted by Crippen LogP contribution is 2.29. The second kappa shape index (κ2) is 6.44. The molecule has 4 nitrogen and oxygen atoms in total. The van der Waals surface area contributed by atoms with Gasteiger partial charge in [0.1, 0.15) is 0 Å². The van der Waals surface area contributed by atoms with Crippen LogP contribution in [-0.4, -0.2) is 52.9 Å². The molecule has 0 radical (unpaired) electrons. The summed E-state index contributed by atoms with van der Waals surface area (Å²) in [5, 5.41) is 3.18. The smallest absolute Gasteiger partial charge is 0.228 e. The predicted octanol–water partition coefficient (Wildman–Crippen LogP) is 2.33. The zero-order chi connectivity index (χ0) is 14.8. The molecule has 0 aromatic carbocycles. The first kappa shape index (κ1) is 15.0. The lowest BCUT2D eigenvalue weighted by Crippen LogP contribution is -2.47. The number of carbonyl (C=O) groups excluding carboxylic acids is 1. The van der Waals surface area contributed by atoms with Crippen LogP contribution in [0.2, 0.25) is 0 Å². The molecule has 0 bridgehead atoms. The van der Waals surface area contributed by atoms with Gasteiger partial charge in [-0.15, -0.1) is 11.3 Å². The third-order valence-electron chi connectivity index (χ3n) is 4.87. The van der Waals surface area contributed by atoms with Crippen molar-refractivity contribution in [3.8, 4) is 0 Å². The van der Waals surface area contributed by atoms with Gasteiger partial charge >= 0.3 is 0 Å². The molecule has 2 aliphatic heterocycles.